The number of amides is 1. The predicted octanol–water partition coefficient (Wildman–Crippen LogP) is 2.43. The highest BCUT2D eigenvalue weighted by molar-refractivity contribution is 6.38. The van der Waals surface area contributed by atoms with E-state index in [0.717, 1.165) is 11.9 Å². The lowest BCUT2D eigenvalue weighted by Gasteiger charge is -2.38. The predicted molar refractivity (Wildman–Crippen MR) is 89.1 cm³/mol. The fraction of sp³-hybridized carbons (Fsp3) is 0.812. The van der Waals surface area contributed by atoms with Crippen LogP contribution < -0.4 is 0 Å². The molecular weight excluding hydrogens is 281 g/mol. The molecule has 126 valence electrons. The quantitative estimate of drug-likeness (QED) is 0.810. The molecule has 0 aromatic heterocycles. The maximum atomic E-state index is 12.0. The summed E-state index contributed by atoms with van der Waals surface area (Å²) in [5, 5.41) is 10.1. The molecule has 6 heteroatoms. The van der Waals surface area contributed by atoms with Gasteiger partial charge in [0.25, 0.3) is 0 Å². The third-order valence-corrected chi connectivity index (χ3v) is 4.05. The van der Waals surface area contributed by atoms with E-state index in [1.807, 2.05) is 40.7 Å². The van der Waals surface area contributed by atoms with Crippen LogP contribution in [0.4, 0.5) is 4.79 Å². The highest BCUT2D eigenvalue weighted by Gasteiger charge is 2.36. The first kappa shape index (κ1) is 19.0. The van der Waals surface area contributed by atoms with Gasteiger partial charge in [0.15, 0.2) is 0 Å². The summed E-state index contributed by atoms with van der Waals surface area (Å²) in [4.78, 5) is 13.7. The van der Waals surface area contributed by atoms with Gasteiger partial charge >= 0.3 is 13.6 Å². The summed E-state index contributed by atoms with van der Waals surface area (Å²) in [5.74, 6) is 0. The molecule has 0 aliphatic carbocycles. The van der Waals surface area contributed by atoms with Gasteiger partial charge in [-0.3, -0.25) is 0 Å². The van der Waals surface area contributed by atoms with Crippen LogP contribution in [0.25, 0.3) is 0 Å². The normalized spacial score (nSPS) is 17.1. The molecule has 0 unspecified atom stereocenters. The van der Waals surface area contributed by atoms with E-state index in [-0.39, 0.29) is 6.09 Å². The minimum absolute atomic E-state index is 0.277. The highest BCUT2D eigenvalue weighted by atomic mass is 16.6. The Morgan fingerprint density at radius 1 is 1.23 bits per heavy atom. The lowest BCUT2D eigenvalue weighted by atomic mass is 9.79. The molecule has 0 aromatic rings. The van der Waals surface area contributed by atoms with Crippen molar-refractivity contribution in [2.45, 2.75) is 71.7 Å². The molecule has 1 rings (SSSR count). The van der Waals surface area contributed by atoms with Gasteiger partial charge in [0.2, 0.25) is 0 Å². The molecule has 0 radical (unpaired) electrons. The Labute approximate surface area is 134 Å². The lowest BCUT2D eigenvalue weighted by molar-refractivity contribution is -0.0897. The summed E-state index contributed by atoms with van der Waals surface area (Å²) in [7, 11) is 0.471. The van der Waals surface area contributed by atoms with Crippen molar-refractivity contribution in [3.63, 3.8) is 0 Å². The standard InChI is InChI=1S/C16H30BNO4/c1-14(2,3)21-13(19)18-10-8-12(9-11-18)17-22-16(6,7)15(4,5)20/h8,17,20H,9-11H2,1-7H3. The van der Waals surface area contributed by atoms with Gasteiger partial charge in [0.1, 0.15) is 5.60 Å². The molecule has 1 heterocycles. The van der Waals surface area contributed by atoms with E-state index in [9.17, 15) is 9.90 Å². The second-order valence-electron chi connectivity index (χ2n) is 7.90. The van der Waals surface area contributed by atoms with E-state index in [0.29, 0.717) is 20.6 Å². The Hall–Kier alpha value is -1.01. The minimum atomic E-state index is -0.912. The number of carbonyl (C=O) groups excluding carboxylic acids is 1. The van der Waals surface area contributed by atoms with Crippen molar-refractivity contribution in [2.24, 2.45) is 0 Å². The minimum Gasteiger partial charge on any atom is -0.444 e. The maximum absolute atomic E-state index is 12.0. The molecule has 1 amide bonds. The zero-order valence-corrected chi connectivity index (χ0v) is 15.0. The van der Waals surface area contributed by atoms with Crippen molar-refractivity contribution in [2.75, 3.05) is 13.1 Å². The van der Waals surface area contributed by atoms with Gasteiger partial charge in [-0.05, 0) is 54.9 Å². The molecule has 1 N–H and O–H groups in total. The molecule has 5 nitrogen and oxygen atoms in total. The van der Waals surface area contributed by atoms with Crippen molar-refractivity contribution < 1.29 is 19.3 Å². The van der Waals surface area contributed by atoms with Crippen LogP contribution >= 0.6 is 0 Å². The van der Waals surface area contributed by atoms with E-state index in [2.05, 4.69) is 0 Å². The van der Waals surface area contributed by atoms with Crippen molar-refractivity contribution >= 4 is 13.6 Å². The summed E-state index contributed by atoms with van der Waals surface area (Å²) in [6.07, 6.45) is 2.50. The molecule has 0 saturated heterocycles. The van der Waals surface area contributed by atoms with Crippen molar-refractivity contribution in [1.29, 1.82) is 0 Å². The zero-order valence-electron chi connectivity index (χ0n) is 15.0. The van der Waals surface area contributed by atoms with Crippen molar-refractivity contribution in [3.05, 3.63) is 11.5 Å². The van der Waals surface area contributed by atoms with E-state index in [4.69, 9.17) is 9.39 Å². The Morgan fingerprint density at radius 2 is 1.82 bits per heavy atom. The van der Waals surface area contributed by atoms with Crippen LogP contribution in [0.3, 0.4) is 0 Å². The van der Waals surface area contributed by atoms with Gasteiger partial charge in [-0.2, -0.15) is 0 Å². The van der Waals surface area contributed by atoms with E-state index in [1.54, 1.807) is 18.7 Å². The third-order valence-electron chi connectivity index (χ3n) is 4.05. The molecule has 0 fully saturated rings. The smallest absolute Gasteiger partial charge is 0.410 e. The van der Waals surface area contributed by atoms with Gasteiger partial charge < -0.3 is 19.4 Å². The van der Waals surface area contributed by atoms with Crippen molar-refractivity contribution in [1.82, 2.24) is 4.90 Å². The molecule has 1 aliphatic rings. The van der Waals surface area contributed by atoms with Gasteiger partial charge in [-0.1, -0.05) is 11.5 Å². The number of hydrogen-bond donors (Lipinski definition) is 1. The fourth-order valence-electron chi connectivity index (χ4n) is 1.78. The van der Waals surface area contributed by atoms with Gasteiger partial charge in [0.05, 0.1) is 11.2 Å². The molecule has 0 aromatic carbocycles. The second-order valence-corrected chi connectivity index (χ2v) is 7.90. The highest BCUT2D eigenvalue weighted by Crippen LogP contribution is 2.25. The number of ether oxygens (including phenoxy) is 1. The van der Waals surface area contributed by atoms with Crippen LogP contribution in [0, 0.1) is 0 Å². The van der Waals surface area contributed by atoms with Crippen LogP contribution in [0.2, 0.25) is 0 Å². The topological polar surface area (TPSA) is 59.0 Å². The summed E-state index contributed by atoms with van der Waals surface area (Å²) in [6.45, 7) is 14.0. The lowest BCUT2D eigenvalue weighted by Crippen LogP contribution is -2.48. The molecule has 22 heavy (non-hydrogen) atoms. The van der Waals surface area contributed by atoms with E-state index >= 15 is 0 Å². The number of nitrogens with zero attached hydrogens (tertiary/aromatic N) is 1. The van der Waals surface area contributed by atoms with Gasteiger partial charge in [-0.25, -0.2) is 4.79 Å². The summed E-state index contributed by atoms with van der Waals surface area (Å²) in [5.41, 5.74) is -0.862. The Bertz CT molecular complexity index is 432. The van der Waals surface area contributed by atoms with E-state index in [1.165, 1.54) is 0 Å². The number of carbonyl (C=O) groups is 1. The largest absolute Gasteiger partial charge is 0.444 e. The van der Waals surface area contributed by atoms with Crippen LogP contribution in [0.1, 0.15) is 54.9 Å². The first-order valence-electron chi connectivity index (χ1n) is 7.84. The molecule has 0 spiro atoms. The van der Waals surface area contributed by atoms with Crippen LogP contribution in [-0.2, 0) is 9.39 Å². The summed E-state index contributed by atoms with van der Waals surface area (Å²) < 4.78 is 11.2. The number of hydrogen-bond acceptors (Lipinski definition) is 4. The zero-order chi connectivity index (χ0) is 17.2. The Balaban J connectivity index is 2.50. The summed E-state index contributed by atoms with van der Waals surface area (Å²) >= 11 is 0. The maximum Gasteiger partial charge on any atom is 0.410 e. The van der Waals surface area contributed by atoms with Gasteiger partial charge in [0, 0.05) is 13.1 Å². The second kappa shape index (κ2) is 6.63. The van der Waals surface area contributed by atoms with Crippen LogP contribution in [-0.4, -0.2) is 53.5 Å². The summed E-state index contributed by atoms with van der Waals surface area (Å²) in [6, 6.07) is 0. The third kappa shape index (κ3) is 5.65. The molecular formula is C16H30BNO4. The molecule has 1 aliphatic heterocycles. The van der Waals surface area contributed by atoms with E-state index < -0.39 is 16.8 Å². The first-order chi connectivity index (χ1) is 9.82. The van der Waals surface area contributed by atoms with Crippen LogP contribution in [0.5, 0.6) is 0 Å². The average molecular weight is 311 g/mol. The average Bonchev–Trinajstić information content (AvgIpc) is 2.33. The monoisotopic (exact) mass is 311 g/mol. The van der Waals surface area contributed by atoms with Crippen molar-refractivity contribution in [3.8, 4) is 0 Å². The SMILES string of the molecule is CC(C)(C)OC(=O)N1CC=C(BOC(C)(C)C(C)(C)O)CC1. The van der Waals surface area contributed by atoms with Crippen LogP contribution in [0.15, 0.2) is 11.5 Å². The Kier molecular flexibility index (Phi) is 5.74. The molecule has 0 atom stereocenters. The molecule has 0 saturated carbocycles. The fourth-order valence-corrected chi connectivity index (χ4v) is 1.78. The first-order valence-corrected chi connectivity index (χ1v) is 7.84. The number of aliphatic hydroxyl groups is 1. The Morgan fingerprint density at radius 3 is 2.23 bits per heavy atom. The molecule has 0 bridgehead atoms. The van der Waals surface area contributed by atoms with Gasteiger partial charge in [-0.15, -0.1) is 0 Å². The number of rotatable bonds is 4.